The zero-order valence-corrected chi connectivity index (χ0v) is 7.79. The first-order chi connectivity index (χ1) is 5.41. The second-order valence-corrected chi connectivity index (χ2v) is 4.67. The van der Waals surface area contributed by atoms with Gasteiger partial charge < -0.3 is 4.74 Å². The number of hydrogen-bond acceptors (Lipinski definition) is 2. The summed E-state index contributed by atoms with van der Waals surface area (Å²) >= 11 is 2.03. The third-order valence-electron chi connectivity index (χ3n) is 2.67. The number of thioether (sulfide) groups is 1. The lowest BCUT2D eigenvalue weighted by molar-refractivity contribution is -0.0337. The molecule has 0 bridgehead atoms. The summed E-state index contributed by atoms with van der Waals surface area (Å²) in [6.45, 7) is 1.01. The number of hydrogen-bond donors (Lipinski definition) is 0. The van der Waals surface area contributed by atoms with Crippen LogP contribution in [0.5, 0.6) is 0 Å². The van der Waals surface area contributed by atoms with Crippen molar-refractivity contribution < 1.29 is 4.74 Å². The van der Waals surface area contributed by atoms with Crippen molar-refractivity contribution in [3.8, 4) is 0 Å². The molecule has 1 nitrogen and oxygen atoms in total. The van der Waals surface area contributed by atoms with E-state index < -0.39 is 0 Å². The van der Waals surface area contributed by atoms with Gasteiger partial charge in [0.25, 0.3) is 0 Å². The van der Waals surface area contributed by atoms with E-state index in [1.807, 2.05) is 11.8 Å². The van der Waals surface area contributed by atoms with Gasteiger partial charge in [-0.25, -0.2) is 0 Å². The zero-order chi connectivity index (χ0) is 7.57. The van der Waals surface area contributed by atoms with Crippen LogP contribution in [-0.4, -0.2) is 23.7 Å². The quantitative estimate of drug-likeness (QED) is 0.555. The summed E-state index contributed by atoms with van der Waals surface area (Å²) in [5, 5.41) is 0. The van der Waals surface area contributed by atoms with Crippen LogP contribution < -0.4 is 0 Å². The molecule has 2 saturated heterocycles. The van der Waals surface area contributed by atoms with Gasteiger partial charge in [-0.1, -0.05) is 19.3 Å². The molecule has 64 valence electrons. The molecule has 0 aromatic carbocycles. The van der Waals surface area contributed by atoms with Crippen LogP contribution in [0, 0.1) is 0 Å². The summed E-state index contributed by atoms with van der Waals surface area (Å²) in [4.78, 5) is 0. The molecular formula is C9H16OS. The van der Waals surface area contributed by atoms with Crippen molar-refractivity contribution in [1.82, 2.24) is 0 Å². The first-order valence-electron chi connectivity index (χ1n) is 4.63. The van der Waals surface area contributed by atoms with Crippen LogP contribution in [0.3, 0.4) is 0 Å². The summed E-state index contributed by atoms with van der Waals surface area (Å²) in [6.07, 6.45) is 6.80. The second-order valence-electron chi connectivity index (χ2n) is 3.69. The minimum absolute atomic E-state index is 0.338. The maximum atomic E-state index is 5.89. The van der Waals surface area contributed by atoms with Crippen LogP contribution in [0.4, 0.5) is 0 Å². The van der Waals surface area contributed by atoms with Crippen molar-refractivity contribution in [1.29, 1.82) is 0 Å². The predicted molar refractivity (Wildman–Crippen MR) is 49.1 cm³/mol. The fourth-order valence-electron chi connectivity index (χ4n) is 1.82. The molecule has 2 heteroatoms. The Kier molecular flexibility index (Phi) is 2.42. The summed E-state index contributed by atoms with van der Waals surface area (Å²) in [6, 6.07) is 0. The van der Waals surface area contributed by atoms with Gasteiger partial charge in [-0.2, -0.15) is 11.8 Å². The third-order valence-corrected chi connectivity index (χ3v) is 4.13. The van der Waals surface area contributed by atoms with Crippen molar-refractivity contribution in [2.24, 2.45) is 0 Å². The van der Waals surface area contributed by atoms with Crippen molar-refractivity contribution in [3.05, 3.63) is 0 Å². The molecule has 0 radical (unpaired) electrons. The predicted octanol–water partition coefficient (Wildman–Crippen LogP) is 2.45. The molecule has 2 fully saturated rings. The molecule has 2 rings (SSSR count). The first-order valence-corrected chi connectivity index (χ1v) is 5.79. The van der Waals surface area contributed by atoms with Crippen LogP contribution in [0.15, 0.2) is 0 Å². The molecule has 0 atom stereocenters. The zero-order valence-electron chi connectivity index (χ0n) is 6.97. The summed E-state index contributed by atoms with van der Waals surface area (Å²) < 4.78 is 5.89. The van der Waals surface area contributed by atoms with E-state index in [4.69, 9.17) is 4.74 Å². The average molecular weight is 172 g/mol. The number of ether oxygens (including phenoxy) is 1. The Morgan fingerprint density at radius 3 is 2.55 bits per heavy atom. The molecule has 0 aliphatic carbocycles. The largest absolute Gasteiger partial charge is 0.373 e. The molecule has 0 saturated carbocycles. The lowest BCUT2D eigenvalue weighted by Crippen LogP contribution is -2.46. The van der Waals surface area contributed by atoms with E-state index in [1.54, 1.807) is 0 Å². The minimum Gasteiger partial charge on any atom is -0.373 e. The molecular weight excluding hydrogens is 156 g/mol. The molecule has 2 aliphatic rings. The Morgan fingerprint density at radius 1 is 1.00 bits per heavy atom. The highest BCUT2D eigenvalue weighted by molar-refractivity contribution is 8.00. The first kappa shape index (κ1) is 7.93. The fourth-order valence-corrected chi connectivity index (χ4v) is 2.94. The lowest BCUT2D eigenvalue weighted by atomic mass is 9.97. The molecule has 2 heterocycles. The van der Waals surface area contributed by atoms with Crippen LogP contribution in [0.2, 0.25) is 0 Å². The smallest absolute Gasteiger partial charge is 0.0862 e. The van der Waals surface area contributed by atoms with E-state index in [0.29, 0.717) is 5.60 Å². The lowest BCUT2D eigenvalue weighted by Gasteiger charge is -2.42. The van der Waals surface area contributed by atoms with Gasteiger partial charge in [-0.3, -0.25) is 0 Å². The van der Waals surface area contributed by atoms with E-state index in [0.717, 1.165) is 6.61 Å². The Morgan fingerprint density at radius 2 is 1.82 bits per heavy atom. The molecule has 2 aliphatic heterocycles. The Bertz CT molecular complexity index is 122. The SMILES string of the molecule is C1CCCC2(CSC2)OCC1. The molecule has 1 spiro atoms. The van der Waals surface area contributed by atoms with Crippen molar-refractivity contribution in [2.75, 3.05) is 18.1 Å². The molecule has 0 N–H and O–H groups in total. The molecule has 11 heavy (non-hydrogen) atoms. The minimum atomic E-state index is 0.338. The highest BCUT2D eigenvalue weighted by atomic mass is 32.2. The number of rotatable bonds is 0. The van der Waals surface area contributed by atoms with Crippen LogP contribution in [0.25, 0.3) is 0 Å². The summed E-state index contributed by atoms with van der Waals surface area (Å²) in [5.74, 6) is 2.51. The van der Waals surface area contributed by atoms with E-state index in [1.165, 1.54) is 43.6 Å². The van der Waals surface area contributed by atoms with Crippen molar-refractivity contribution in [2.45, 2.75) is 37.7 Å². The average Bonchev–Trinajstić information content (AvgIpc) is 1.82. The standard InChI is InChI=1S/C9H16OS/c1-2-4-6-10-9(5-3-1)7-11-8-9/h1-8H2. The highest BCUT2D eigenvalue weighted by Crippen LogP contribution is 2.38. The molecule has 0 aromatic heterocycles. The van der Waals surface area contributed by atoms with Gasteiger partial charge in [0.05, 0.1) is 5.60 Å². The van der Waals surface area contributed by atoms with Gasteiger partial charge in [0.1, 0.15) is 0 Å². The topological polar surface area (TPSA) is 9.23 Å². The monoisotopic (exact) mass is 172 g/mol. The van der Waals surface area contributed by atoms with Gasteiger partial charge >= 0.3 is 0 Å². The van der Waals surface area contributed by atoms with Crippen molar-refractivity contribution in [3.63, 3.8) is 0 Å². The van der Waals surface area contributed by atoms with E-state index >= 15 is 0 Å². The van der Waals surface area contributed by atoms with Gasteiger partial charge in [0, 0.05) is 18.1 Å². The van der Waals surface area contributed by atoms with Gasteiger partial charge in [0.2, 0.25) is 0 Å². The van der Waals surface area contributed by atoms with Gasteiger partial charge in [0.15, 0.2) is 0 Å². The molecule has 0 unspecified atom stereocenters. The maximum Gasteiger partial charge on any atom is 0.0862 e. The normalized spacial score (nSPS) is 30.5. The highest BCUT2D eigenvalue weighted by Gasteiger charge is 2.38. The van der Waals surface area contributed by atoms with E-state index in [2.05, 4.69) is 0 Å². The van der Waals surface area contributed by atoms with Gasteiger partial charge in [-0.05, 0) is 12.8 Å². The van der Waals surface area contributed by atoms with E-state index in [-0.39, 0.29) is 0 Å². The van der Waals surface area contributed by atoms with Crippen LogP contribution in [-0.2, 0) is 4.74 Å². The fraction of sp³-hybridized carbons (Fsp3) is 1.00. The Balaban J connectivity index is 1.86. The maximum absolute atomic E-state index is 5.89. The Labute approximate surface area is 72.9 Å². The third kappa shape index (κ3) is 1.73. The van der Waals surface area contributed by atoms with Crippen LogP contribution >= 0.6 is 11.8 Å². The molecule has 0 amide bonds. The van der Waals surface area contributed by atoms with Gasteiger partial charge in [-0.15, -0.1) is 0 Å². The summed E-state index contributed by atoms with van der Waals surface area (Å²) in [5.41, 5.74) is 0.338. The molecule has 0 aromatic rings. The second kappa shape index (κ2) is 3.36. The van der Waals surface area contributed by atoms with Crippen molar-refractivity contribution >= 4 is 11.8 Å². The Hall–Kier alpha value is 0.310. The summed E-state index contributed by atoms with van der Waals surface area (Å²) in [7, 11) is 0. The van der Waals surface area contributed by atoms with Crippen LogP contribution in [0.1, 0.15) is 32.1 Å². The van der Waals surface area contributed by atoms with E-state index in [9.17, 15) is 0 Å².